The van der Waals surface area contributed by atoms with Gasteiger partial charge in [-0.15, -0.1) is 6.58 Å². The lowest BCUT2D eigenvalue weighted by atomic mass is 9.79. The Morgan fingerprint density at radius 3 is 2.83 bits per heavy atom. The van der Waals surface area contributed by atoms with E-state index in [4.69, 9.17) is 0 Å². The fourth-order valence-electron chi connectivity index (χ4n) is 1.56. The van der Waals surface area contributed by atoms with Crippen LogP contribution in [0.1, 0.15) is 26.7 Å². The molecule has 1 aliphatic heterocycles. The first-order valence-electron chi connectivity index (χ1n) is 4.47. The summed E-state index contributed by atoms with van der Waals surface area (Å²) < 4.78 is 0. The molecule has 68 valence electrons. The smallest absolute Gasteiger partial charge is 0.150 e. The molecule has 1 unspecified atom stereocenters. The Bertz CT molecular complexity index is 196. The second-order valence-corrected chi connectivity index (χ2v) is 3.98. The Kier molecular flexibility index (Phi) is 2.68. The van der Waals surface area contributed by atoms with E-state index in [0.29, 0.717) is 5.78 Å². The van der Waals surface area contributed by atoms with Crippen LogP contribution in [-0.4, -0.2) is 18.4 Å². The third-order valence-electron chi connectivity index (χ3n) is 2.54. The number of ketones is 1. The van der Waals surface area contributed by atoms with Gasteiger partial charge in [0.2, 0.25) is 0 Å². The molecule has 1 saturated heterocycles. The van der Waals surface area contributed by atoms with Crippen molar-refractivity contribution >= 4 is 5.78 Å². The zero-order valence-corrected chi connectivity index (χ0v) is 7.89. The highest BCUT2D eigenvalue weighted by Gasteiger charge is 2.33. The van der Waals surface area contributed by atoms with E-state index in [0.717, 1.165) is 19.4 Å². The summed E-state index contributed by atoms with van der Waals surface area (Å²) in [5, 5.41) is 3.24. The lowest BCUT2D eigenvalue weighted by Crippen LogP contribution is -2.50. The Labute approximate surface area is 74.0 Å². The second-order valence-electron chi connectivity index (χ2n) is 3.98. The van der Waals surface area contributed by atoms with Crippen molar-refractivity contribution in [2.24, 2.45) is 5.41 Å². The topological polar surface area (TPSA) is 29.1 Å². The number of hydrogen-bond donors (Lipinski definition) is 1. The summed E-state index contributed by atoms with van der Waals surface area (Å²) in [5.74, 6) is 0.325. The van der Waals surface area contributed by atoms with Gasteiger partial charge >= 0.3 is 0 Å². The molecule has 0 aromatic rings. The van der Waals surface area contributed by atoms with Crippen LogP contribution in [0.25, 0.3) is 0 Å². The molecule has 0 bridgehead atoms. The molecule has 0 saturated carbocycles. The van der Waals surface area contributed by atoms with Gasteiger partial charge in [-0.1, -0.05) is 19.9 Å². The van der Waals surface area contributed by atoms with Crippen LogP contribution in [-0.2, 0) is 4.79 Å². The van der Waals surface area contributed by atoms with E-state index < -0.39 is 0 Å². The van der Waals surface area contributed by atoms with Crippen molar-refractivity contribution in [2.45, 2.75) is 32.7 Å². The molecule has 1 aliphatic rings. The molecule has 0 aromatic carbocycles. The third-order valence-corrected chi connectivity index (χ3v) is 2.54. The monoisotopic (exact) mass is 167 g/mol. The van der Waals surface area contributed by atoms with Crippen LogP contribution in [0.3, 0.4) is 0 Å². The van der Waals surface area contributed by atoms with Gasteiger partial charge in [0.15, 0.2) is 5.78 Å². The minimum absolute atomic E-state index is 0.0243. The van der Waals surface area contributed by atoms with Gasteiger partial charge in [-0.3, -0.25) is 4.79 Å². The van der Waals surface area contributed by atoms with E-state index in [-0.39, 0.29) is 11.5 Å². The molecule has 2 heteroatoms. The molecule has 0 spiro atoms. The third kappa shape index (κ3) is 1.75. The standard InChI is InChI=1S/C10H17NO/c1-4-10(2,3)9-8(12)6-5-7-11-9/h4,9,11H,1,5-7H2,2-3H3. The second kappa shape index (κ2) is 3.40. The zero-order chi connectivity index (χ0) is 9.19. The first-order valence-corrected chi connectivity index (χ1v) is 4.47. The molecule has 2 nitrogen and oxygen atoms in total. The summed E-state index contributed by atoms with van der Waals surface area (Å²) in [6, 6.07) is -0.0243. The van der Waals surface area contributed by atoms with E-state index in [1.807, 2.05) is 19.9 Å². The number of Topliss-reactive ketones (excluding diaryl/α,β-unsaturated/α-hetero) is 1. The maximum atomic E-state index is 11.5. The number of carbonyl (C=O) groups is 1. The van der Waals surface area contributed by atoms with E-state index in [9.17, 15) is 4.79 Å². The molecule has 1 atom stereocenters. The average Bonchev–Trinajstić information content (AvgIpc) is 2.05. The number of nitrogens with one attached hydrogen (secondary N) is 1. The predicted octanol–water partition coefficient (Wildman–Crippen LogP) is 1.52. The highest BCUT2D eigenvalue weighted by Crippen LogP contribution is 2.25. The Morgan fingerprint density at radius 2 is 2.33 bits per heavy atom. The maximum Gasteiger partial charge on any atom is 0.150 e. The quantitative estimate of drug-likeness (QED) is 0.632. The summed E-state index contributed by atoms with van der Waals surface area (Å²) in [6.45, 7) is 8.79. The zero-order valence-electron chi connectivity index (χ0n) is 7.89. The normalized spacial score (nSPS) is 25.5. The van der Waals surface area contributed by atoms with Crippen LogP contribution < -0.4 is 5.32 Å². The molecule has 1 heterocycles. The number of carbonyl (C=O) groups excluding carboxylic acids is 1. The Balaban J connectivity index is 2.71. The summed E-state index contributed by atoms with van der Waals surface area (Å²) in [6.07, 6.45) is 3.55. The molecule has 0 aromatic heterocycles. The van der Waals surface area contributed by atoms with Crippen LogP contribution in [0.2, 0.25) is 0 Å². The van der Waals surface area contributed by atoms with Crippen molar-refractivity contribution in [2.75, 3.05) is 6.54 Å². The van der Waals surface area contributed by atoms with Crippen molar-refractivity contribution in [3.8, 4) is 0 Å². The molecular weight excluding hydrogens is 150 g/mol. The fraction of sp³-hybridized carbons (Fsp3) is 0.700. The van der Waals surface area contributed by atoms with Gasteiger partial charge in [0, 0.05) is 11.8 Å². The van der Waals surface area contributed by atoms with Gasteiger partial charge in [-0.05, 0) is 13.0 Å². The van der Waals surface area contributed by atoms with E-state index in [1.54, 1.807) is 0 Å². The van der Waals surface area contributed by atoms with Crippen LogP contribution >= 0.6 is 0 Å². The van der Waals surface area contributed by atoms with Crippen molar-refractivity contribution < 1.29 is 4.79 Å². The molecule has 1 N–H and O–H groups in total. The summed E-state index contributed by atoms with van der Waals surface area (Å²) >= 11 is 0. The minimum atomic E-state index is -0.114. The predicted molar refractivity (Wildman–Crippen MR) is 50.0 cm³/mol. The highest BCUT2D eigenvalue weighted by molar-refractivity contribution is 5.85. The van der Waals surface area contributed by atoms with Crippen LogP contribution in [0, 0.1) is 5.41 Å². The van der Waals surface area contributed by atoms with Crippen molar-refractivity contribution in [1.29, 1.82) is 0 Å². The van der Waals surface area contributed by atoms with Crippen LogP contribution in [0.4, 0.5) is 0 Å². The number of hydrogen-bond acceptors (Lipinski definition) is 2. The molecule has 1 fully saturated rings. The van der Waals surface area contributed by atoms with E-state index >= 15 is 0 Å². The molecule has 0 radical (unpaired) electrons. The average molecular weight is 167 g/mol. The summed E-state index contributed by atoms with van der Waals surface area (Å²) in [7, 11) is 0. The van der Waals surface area contributed by atoms with Gasteiger partial charge in [0.1, 0.15) is 0 Å². The lowest BCUT2D eigenvalue weighted by molar-refractivity contribution is -0.124. The van der Waals surface area contributed by atoms with Crippen LogP contribution in [0.15, 0.2) is 12.7 Å². The van der Waals surface area contributed by atoms with Gasteiger partial charge in [0.05, 0.1) is 6.04 Å². The largest absolute Gasteiger partial charge is 0.307 e. The SMILES string of the molecule is C=CC(C)(C)C1NCCCC1=O. The lowest BCUT2D eigenvalue weighted by Gasteiger charge is -2.33. The molecule has 0 aliphatic carbocycles. The minimum Gasteiger partial charge on any atom is -0.307 e. The number of piperidine rings is 1. The van der Waals surface area contributed by atoms with Crippen molar-refractivity contribution in [3.05, 3.63) is 12.7 Å². The number of rotatable bonds is 2. The Morgan fingerprint density at radius 1 is 1.67 bits per heavy atom. The molecule has 1 rings (SSSR count). The highest BCUT2D eigenvalue weighted by atomic mass is 16.1. The van der Waals surface area contributed by atoms with E-state index in [2.05, 4.69) is 11.9 Å². The van der Waals surface area contributed by atoms with E-state index in [1.165, 1.54) is 0 Å². The van der Waals surface area contributed by atoms with Gasteiger partial charge < -0.3 is 5.32 Å². The molecule has 0 amide bonds. The van der Waals surface area contributed by atoms with Crippen molar-refractivity contribution in [1.82, 2.24) is 5.32 Å². The van der Waals surface area contributed by atoms with Crippen molar-refractivity contribution in [3.63, 3.8) is 0 Å². The van der Waals surface area contributed by atoms with Gasteiger partial charge in [-0.2, -0.15) is 0 Å². The first kappa shape index (κ1) is 9.46. The molecular formula is C10H17NO. The molecule has 12 heavy (non-hydrogen) atoms. The summed E-state index contributed by atoms with van der Waals surface area (Å²) in [5.41, 5.74) is -0.114. The van der Waals surface area contributed by atoms with Gasteiger partial charge in [-0.25, -0.2) is 0 Å². The Hall–Kier alpha value is -0.630. The first-order chi connectivity index (χ1) is 5.58. The van der Waals surface area contributed by atoms with Gasteiger partial charge in [0.25, 0.3) is 0 Å². The maximum absolute atomic E-state index is 11.5. The summed E-state index contributed by atoms with van der Waals surface area (Å²) in [4.78, 5) is 11.5. The fourth-order valence-corrected chi connectivity index (χ4v) is 1.56. The van der Waals surface area contributed by atoms with Crippen LogP contribution in [0.5, 0.6) is 0 Å².